The van der Waals surface area contributed by atoms with Crippen LogP contribution in [0, 0.1) is 0 Å². The molecule has 1 aromatic heterocycles. The van der Waals surface area contributed by atoms with Gasteiger partial charge in [-0.05, 0) is 31.4 Å². The highest BCUT2D eigenvalue weighted by Crippen LogP contribution is 2.38. The van der Waals surface area contributed by atoms with Crippen molar-refractivity contribution in [1.82, 2.24) is 10.1 Å². The Morgan fingerprint density at radius 1 is 1.17 bits per heavy atom. The summed E-state index contributed by atoms with van der Waals surface area (Å²) in [5.74, 6) is 2.67. The Hall–Kier alpha value is -0.840. The molecule has 0 spiro atoms. The normalized spacial score (nSPS) is 29.4. The molecule has 0 N–H and O–H groups in total. The molecule has 5 heteroatoms. The average molecular weight is 266 g/mol. The average Bonchev–Trinajstić information content (AvgIpc) is 2.90. The summed E-state index contributed by atoms with van der Waals surface area (Å²) in [6.45, 7) is 0. The van der Waals surface area contributed by atoms with Gasteiger partial charge in [-0.25, -0.2) is 0 Å². The molecule has 1 saturated heterocycles. The largest absolute Gasteiger partial charge is 0.339 e. The Morgan fingerprint density at radius 3 is 2.83 bits per heavy atom. The molecule has 2 atom stereocenters. The van der Waals surface area contributed by atoms with Crippen molar-refractivity contribution in [1.29, 1.82) is 0 Å². The summed E-state index contributed by atoms with van der Waals surface area (Å²) in [6.07, 6.45) is 7.29. The van der Waals surface area contributed by atoms with Crippen LogP contribution in [0.25, 0.3) is 0 Å². The summed E-state index contributed by atoms with van der Waals surface area (Å²) in [4.78, 5) is 16.3. The van der Waals surface area contributed by atoms with E-state index < -0.39 is 0 Å². The second kappa shape index (κ2) is 5.43. The van der Waals surface area contributed by atoms with E-state index in [-0.39, 0.29) is 11.7 Å². The maximum Gasteiger partial charge on any atom is 0.237 e. The first kappa shape index (κ1) is 12.2. The van der Waals surface area contributed by atoms with Crippen LogP contribution < -0.4 is 0 Å². The van der Waals surface area contributed by atoms with Gasteiger partial charge in [0.25, 0.3) is 0 Å². The molecule has 1 aromatic rings. The van der Waals surface area contributed by atoms with Crippen molar-refractivity contribution in [3.05, 3.63) is 11.7 Å². The Balaban J connectivity index is 1.73. The van der Waals surface area contributed by atoms with Crippen LogP contribution in [-0.4, -0.2) is 21.7 Å². The third kappa shape index (κ3) is 2.46. The predicted octanol–water partition coefficient (Wildman–Crippen LogP) is 3.25. The van der Waals surface area contributed by atoms with E-state index in [1.807, 2.05) is 11.8 Å². The molecule has 2 aliphatic rings. The van der Waals surface area contributed by atoms with Crippen LogP contribution in [0.2, 0.25) is 0 Å². The number of aromatic nitrogens is 2. The number of hydrogen-bond acceptors (Lipinski definition) is 5. The molecule has 1 aliphatic heterocycles. The molecule has 98 valence electrons. The third-order valence-corrected chi connectivity index (χ3v) is 5.15. The minimum atomic E-state index is -0.131. The molecule has 1 aliphatic carbocycles. The van der Waals surface area contributed by atoms with E-state index in [4.69, 9.17) is 4.52 Å². The lowest BCUT2D eigenvalue weighted by molar-refractivity contribution is -0.122. The van der Waals surface area contributed by atoms with Crippen LogP contribution >= 0.6 is 11.8 Å². The minimum Gasteiger partial charge on any atom is -0.339 e. The van der Waals surface area contributed by atoms with E-state index >= 15 is 0 Å². The van der Waals surface area contributed by atoms with Gasteiger partial charge in [-0.15, -0.1) is 0 Å². The van der Waals surface area contributed by atoms with Crippen LogP contribution in [0.1, 0.15) is 67.8 Å². The highest BCUT2D eigenvalue weighted by atomic mass is 32.2. The number of hydrogen-bond donors (Lipinski definition) is 0. The fourth-order valence-electron chi connectivity index (χ4n) is 2.71. The molecule has 0 aromatic carbocycles. The van der Waals surface area contributed by atoms with Gasteiger partial charge in [0.15, 0.2) is 5.82 Å². The number of Topliss-reactive ketones (excluding diaryl/α,β-unsaturated/α-hetero) is 1. The van der Waals surface area contributed by atoms with Crippen molar-refractivity contribution in [2.75, 3.05) is 5.75 Å². The molecule has 18 heavy (non-hydrogen) atoms. The number of rotatable bonds is 2. The van der Waals surface area contributed by atoms with E-state index in [2.05, 4.69) is 10.1 Å². The van der Waals surface area contributed by atoms with Gasteiger partial charge < -0.3 is 4.52 Å². The van der Waals surface area contributed by atoms with Crippen LogP contribution in [-0.2, 0) is 4.79 Å². The van der Waals surface area contributed by atoms with Gasteiger partial charge in [0.2, 0.25) is 5.89 Å². The number of ketones is 1. The quantitative estimate of drug-likeness (QED) is 0.822. The Morgan fingerprint density at radius 2 is 2.06 bits per heavy atom. The summed E-state index contributed by atoms with van der Waals surface area (Å²) in [5.41, 5.74) is 0. The monoisotopic (exact) mass is 266 g/mol. The van der Waals surface area contributed by atoms with Crippen molar-refractivity contribution >= 4 is 17.5 Å². The second-order valence-corrected chi connectivity index (χ2v) is 6.42. The number of nitrogens with zero attached hydrogens (tertiary/aromatic N) is 2. The lowest BCUT2D eigenvalue weighted by atomic mass is 9.88. The van der Waals surface area contributed by atoms with Crippen molar-refractivity contribution in [3.8, 4) is 0 Å². The maximum atomic E-state index is 11.8. The van der Waals surface area contributed by atoms with E-state index in [0.717, 1.165) is 31.5 Å². The van der Waals surface area contributed by atoms with Gasteiger partial charge >= 0.3 is 0 Å². The lowest BCUT2D eigenvalue weighted by Gasteiger charge is -2.18. The molecule has 2 fully saturated rings. The first-order chi connectivity index (χ1) is 8.84. The van der Waals surface area contributed by atoms with Crippen molar-refractivity contribution in [3.63, 3.8) is 0 Å². The SMILES string of the molecule is O=C1CCCCC1c1nc(C2CCCCS2)no1. The number of carbonyl (C=O) groups is 1. The van der Waals surface area contributed by atoms with Gasteiger partial charge in [0, 0.05) is 6.42 Å². The first-order valence-electron chi connectivity index (χ1n) is 6.82. The van der Waals surface area contributed by atoms with E-state index in [1.54, 1.807) is 0 Å². The van der Waals surface area contributed by atoms with Crippen LogP contribution in [0.15, 0.2) is 4.52 Å². The summed E-state index contributed by atoms with van der Waals surface area (Å²) in [5, 5.41) is 4.46. The Kier molecular flexibility index (Phi) is 3.68. The van der Waals surface area contributed by atoms with Gasteiger partial charge in [-0.2, -0.15) is 16.7 Å². The van der Waals surface area contributed by atoms with E-state index in [9.17, 15) is 4.79 Å². The van der Waals surface area contributed by atoms with E-state index in [1.165, 1.54) is 18.6 Å². The van der Waals surface area contributed by atoms with Crippen LogP contribution in [0.3, 0.4) is 0 Å². The summed E-state index contributed by atoms with van der Waals surface area (Å²) in [6, 6.07) is 0. The summed E-state index contributed by atoms with van der Waals surface area (Å²) in [7, 11) is 0. The molecule has 1 saturated carbocycles. The zero-order valence-electron chi connectivity index (χ0n) is 10.4. The molecule has 2 heterocycles. The van der Waals surface area contributed by atoms with Gasteiger partial charge in [-0.3, -0.25) is 4.79 Å². The van der Waals surface area contributed by atoms with Crippen LogP contribution in [0.4, 0.5) is 0 Å². The highest BCUT2D eigenvalue weighted by Gasteiger charge is 2.30. The van der Waals surface area contributed by atoms with Gasteiger partial charge in [-0.1, -0.05) is 18.0 Å². The van der Waals surface area contributed by atoms with Crippen molar-refractivity contribution < 1.29 is 9.32 Å². The second-order valence-electron chi connectivity index (χ2n) is 5.11. The molecular weight excluding hydrogens is 248 g/mol. The molecule has 0 bridgehead atoms. The van der Waals surface area contributed by atoms with Gasteiger partial charge in [0.05, 0.1) is 11.2 Å². The molecule has 3 rings (SSSR count). The standard InChI is InChI=1S/C13H18N2O2S/c16-10-6-2-1-5-9(10)13-14-12(15-17-13)11-7-3-4-8-18-11/h9,11H,1-8H2. The molecular formula is C13H18N2O2S. The topological polar surface area (TPSA) is 56.0 Å². The number of thioether (sulfide) groups is 1. The van der Waals surface area contributed by atoms with Crippen LogP contribution in [0.5, 0.6) is 0 Å². The molecule has 2 unspecified atom stereocenters. The zero-order valence-corrected chi connectivity index (χ0v) is 11.2. The Labute approximate surface area is 111 Å². The predicted molar refractivity (Wildman–Crippen MR) is 69.6 cm³/mol. The fourth-order valence-corrected chi connectivity index (χ4v) is 3.94. The first-order valence-corrected chi connectivity index (χ1v) is 7.87. The zero-order chi connectivity index (χ0) is 12.4. The van der Waals surface area contributed by atoms with Crippen molar-refractivity contribution in [2.24, 2.45) is 0 Å². The lowest BCUT2D eigenvalue weighted by Crippen LogP contribution is -2.17. The molecule has 0 amide bonds. The van der Waals surface area contributed by atoms with E-state index in [0.29, 0.717) is 17.6 Å². The summed E-state index contributed by atoms with van der Waals surface area (Å²) < 4.78 is 5.33. The third-order valence-electron chi connectivity index (χ3n) is 3.78. The fraction of sp³-hybridized carbons (Fsp3) is 0.769. The van der Waals surface area contributed by atoms with Crippen molar-refractivity contribution in [2.45, 2.75) is 56.1 Å². The Bertz CT molecular complexity index is 426. The maximum absolute atomic E-state index is 11.8. The summed E-state index contributed by atoms with van der Waals surface area (Å²) >= 11 is 1.91. The highest BCUT2D eigenvalue weighted by molar-refractivity contribution is 7.99. The molecule has 4 nitrogen and oxygen atoms in total. The molecule has 0 radical (unpaired) electrons. The number of carbonyl (C=O) groups excluding carboxylic acids is 1. The van der Waals surface area contributed by atoms with Gasteiger partial charge in [0.1, 0.15) is 5.78 Å². The smallest absolute Gasteiger partial charge is 0.237 e. The minimum absolute atomic E-state index is 0.131.